The highest BCUT2D eigenvalue weighted by molar-refractivity contribution is 6.10. The van der Waals surface area contributed by atoms with E-state index in [1.807, 2.05) is 0 Å². The average Bonchev–Trinajstić information content (AvgIpc) is 3.88. The zero-order valence-electron chi connectivity index (χ0n) is 35.1. The molecule has 0 aliphatic carbocycles. The number of benzene rings is 9. The van der Waals surface area contributed by atoms with E-state index in [2.05, 4.69) is 274 Å². The van der Waals surface area contributed by atoms with Crippen molar-refractivity contribution in [2.24, 2.45) is 0 Å². The van der Waals surface area contributed by atoms with E-state index < -0.39 is 0 Å². The molecule has 1 aliphatic rings. The van der Waals surface area contributed by atoms with Crippen molar-refractivity contribution in [3.63, 3.8) is 0 Å². The van der Waals surface area contributed by atoms with Gasteiger partial charge in [-0.1, -0.05) is 133 Å². The van der Waals surface area contributed by atoms with Crippen LogP contribution in [0.15, 0.2) is 255 Å². The summed E-state index contributed by atoms with van der Waals surface area (Å²) in [6, 6.07) is 89.9. The van der Waals surface area contributed by atoms with Crippen molar-refractivity contribution < 1.29 is 4.57 Å². The molecular weight excluding hydrogens is 777 g/mol. The van der Waals surface area contributed by atoms with Crippen molar-refractivity contribution in [3.05, 3.63) is 266 Å². The quantitative estimate of drug-likeness (QED) is 0.135. The Kier molecular flexibility index (Phi) is 9.19. The second kappa shape index (κ2) is 15.8. The van der Waals surface area contributed by atoms with Crippen LogP contribution in [0.5, 0.6) is 0 Å². The molecule has 9 aromatic carbocycles. The van der Waals surface area contributed by atoms with Gasteiger partial charge in [-0.2, -0.15) is 4.57 Å². The highest BCUT2D eigenvalue weighted by Crippen LogP contribution is 2.44. The molecule has 0 saturated heterocycles. The van der Waals surface area contributed by atoms with Gasteiger partial charge >= 0.3 is 0 Å². The van der Waals surface area contributed by atoms with Crippen molar-refractivity contribution in [1.29, 1.82) is 0 Å². The molecule has 0 spiro atoms. The van der Waals surface area contributed by atoms with Gasteiger partial charge in [-0.3, -0.25) is 0 Å². The van der Waals surface area contributed by atoms with E-state index in [9.17, 15) is 0 Å². The molecule has 4 heteroatoms. The fourth-order valence-electron chi connectivity index (χ4n) is 9.79. The fourth-order valence-corrected chi connectivity index (χ4v) is 9.79. The third-order valence-electron chi connectivity index (χ3n) is 12.7. The van der Waals surface area contributed by atoms with Crippen LogP contribution in [-0.2, 0) is 0 Å². The summed E-state index contributed by atoms with van der Waals surface area (Å²) in [5.41, 5.74) is 17.6. The fraction of sp³-hybridized carbons (Fsp3) is 0.0167. The summed E-state index contributed by atoms with van der Waals surface area (Å²) in [5.74, 6) is 0. The van der Waals surface area contributed by atoms with E-state index in [1.165, 1.54) is 44.2 Å². The Balaban J connectivity index is 0.899. The van der Waals surface area contributed by atoms with Crippen LogP contribution in [-0.4, -0.2) is 4.57 Å². The molecule has 0 saturated carbocycles. The second-order valence-electron chi connectivity index (χ2n) is 16.4. The summed E-state index contributed by atoms with van der Waals surface area (Å²) >= 11 is 0. The Bertz CT molecular complexity index is 3420. The minimum Gasteiger partial charge on any atom is -0.310 e. The molecule has 12 rings (SSSR count). The number of hydrogen-bond donors (Lipinski definition) is 0. The molecule has 64 heavy (non-hydrogen) atoms. The number of pyridine rings is 1. The molecular formula is C60H43N4+. The first-order valence-corrected chi connectivity index (χ1v) is 22.0. The van der Waals surface area contributed by atoms with Crippen molar-refractivity contribution in [3.8, 4) is 28.1 Å². The average molecular weight is 820 g/mol. The van der Waals surface area contributed by atoms with Crippen molar-refractivity contribution in [2.45, 2.75) is 6.04 Å². The molecule has 1 atom stereocenters. The molecule has 0 fully saturated rings. The minimum absolute atomic E-state index is 0.0944. The second-order valence-corrected chi connectivity index (χ2v) is 16.4. The maximum Gasteiger partial charge on any atom is 0.213 e. The topological polar surface area (TPSA) is 15.3 Å². The van der Waals surface area contributed by atoms with E-state index >= 15 is 0 Å². The summed E-state index contributed by atoms with van der Waals surface area (Å²) in [5, 5.41) is 2.48. The van der Waals surface area contributed by atoms with Crippen molar-refractivity contribution >= 4 is 55.9 Å². The summed E-state index contributed by atoms with van der Waals surface area (Å²) < 4.78 is 4.78. The van der Waals surface area contributed by atoms with E-state index in [-0.39, 0.29) is 6.04 Å². The molecule has 11 aromatic rings. The summed E-state index contributed by atoms with van der Waals surface area (Å²) in [4.78, 5) is 4.72. The van der Waals surface area contributed by atoms with Gasteiger partial charge in [0.2, 0.25) is 11.7 Å². The Morgan fingerprint density at radius 1 is 0.359 bits per heavy atom. The van der Waals surface area contributed by atoms with Gasteiger partial charge < -0.3 is 14.4 Å². The van der Waals surface area contributed by atoms with Gasteiger partial charge in [-0.05, 0) is 114 Å². The summed E-state index contributed by atoms with van der Waals surface area (Å²) in [7, 11) is 0. The third kappa shape index (κ3) is 6.43. The smallest absolute Gasteiger partial charge is 0.213 e. The lowest BCUT2D eigenvalue weighted by Crippen LogP contribution is -2.38. The molecule has 0 bridgehead atoms. The van der Waals surface area contributed by atoms with Crippen LogP contribution in [0.4, 0.5) is 34.1 Å². The zero-order valence-corrected chi connectivity index (χ0v) is 35.1. The van der Waals surface area contributed by atoms with Crippen molar-refractivity contribution in [2.75, 3.05) is 9.80 Å². The van der Waals surface area contributed by atoms with Crippen LogP contribution < -0.4 is 14.4 Å². The standard InChI is InChI=1S/C60H43N4/c1-5-17-45(18-6-1)60-56-41-51(36-39-55(56)57-26-15-16-40-61(57)60)62(46-19-7-2-8-20-46)49-32-28-43(29-33-49)44-30-34-50(35-31-44)63(47-21-9-3-10-22-47)52-37-38-54-53-25-13-14-27-58(53)64(59(54)42-52)48-23-11-4-12-24-48/h1-42,60H/q+1. The molecule has 0 radical (unpaired) electrons. The van der Waals surface area contributed by atoms with Gasteiger partial charge in [-0.15, -0.1) is 0 Å². The SMILES string of the molecule is c1ccc(C2c3cc(N(c4ccccc4)c4ccc(-c5ccc(N(c6ccccc6)c6ccc7c8ccccc8n(-c8ccccc8)c7c6)cc5)cc4)ccc3-c3cccc[n+]32)cc1. The summed E-state index contributed by atoms with van der Waals surface area (Å²) in [6.07, 6.45) is 2.21. The van der Waals surface area contributed by atoms with Gasteiger partial charge in [0.05, 0.1) is 16.6 Å². The lowest BCUT2D eigenvalue weighted by Gasteiger charge is -2.26. The normalized spacial score (nSPS) is 12.8. The number of anilines is 6. The lowest BCUT2D eigenvalue weighted by atomic mass is 9.96. The molecule has 2 aromatic heterocycles. The molecule has 0 N–H and O–H groups in total. The van der Waals surface area contributed by atoms with Gasteiger partial charge in [-0.25, -0.2) is 0 Å². The molecule has 4 nitrogen and oxygen atoms in total. The first-order valence-electron chi connectivity index (χ1n) is 22.0. The number of nitrogens with zero attached hydrogens (tertiary/aromatic N) is 4. The predicted molar refractivity (Wildman–Crippen MR) is 265 cm³/mol. The van der Waals surface area contributed by atoms with E-state index in [1.54, 1.807) is 0 Å². The predicted octanol–water partition coefficient (Wildman–Crippen LogP) is 15.3. The van der Waals surface area contributed by atoms with Crippen LogP contribution in [0, 0.1) is 0 Å². The number of fused-ring (bicyclic) bond motifs is 6. The van der Waals surface area contributed by atoms with Crippen molar-refractivity contribution in [1.82, 2.24) is 4.57 Å². The molecule has 1 aliphatic heterocycles. The van der Waals surface area contributed by atoms with Crippen LogP contribution in [0.25, 0.3) is 49.9 Å². The minimum atomic E-state index is 0.0944. The van der Waals surface area contributed by atoms with E-state index in [0.717, 1.165) is 50.9 Å². The number of para-hydroxylation sites is 4. The Morgan fingerprint density at radius 3 is 1.48 bits per heavy atom. The van der Waals surface area contributed by atoms with Crippen LogP contribution in [0.1, 0.15) is 17.2 Å². The van der Waals surface area contributed by atoms with Gasteiger partial charge in [0.25, 0.3) is 0 Å². The maximum atomic E-state index is 2.40. The molecule has 302 valence electrons. The molecule has 3 heterocycles. The molecule has 0 amide bonds. The van der Waals surface area contributed by atoms with Gasteiger partial charge in [0.1, 0.15) is 0 Å². The number of rotatable bonds is 9. The first-order chi connectivity index (χ1) is 31.8. The largest absolute Gasteiger partial charge is 0.310 e. The maximum absolute atomic E-state index is 2.40. The number of aromatic nitrogens is 2. The Labute approximate surface area is 373 Å². The van der Waals surface area contributed by atoms with Crippen LogP contribution in [0.3, 0.4) is 0 Å². The van der Waals surface area contributed by atoms with E-state index in [0.29, 0.717) is 0 Å². The lowest BCUT2D eigenvalue weighted by molar-refractivity contribution is -0.688. The monoisotopic (exact) mass is 819 g/mol. The third-order valence-corrected chi connectivity index (χ3v) is 12.7. The highest BCUT2D eigenvalue weighted by atomic mass is 15.2. The zero-order chi connectivity index (χ0) is 42.4. The van der Waals surface area contributed by atoms with Crippen LogP contribution in [0.2, 0.25) is 0 Å². The summed E-state index contributed by atoms with van der Waals surface area (Å²) in [6.45, 7) is 0. The molecule has 1 unspecified atom stereocenters. The first kappa shape index (κ1) is 37.3. The van der Waals surface area contributed by atoms with Gasteiger partial charge in [0, 0.05) is 73.8 Å². The van der Waals surface area contributed by atoms with Gasteiger partial charge in [0.15, 0.2) is 6.20 Å². The Morgan fingerprint density at radius 2 is 0.844 bits per heavy atom. The van der Waals surface area contributed by atoms with Crippen LogP contribution >= 0.6 is 0 Å². The van der Waals surface area contributed by atoms with E-state index in [4.69, 9.17) is 0 Å². The highest BCUT2D eigenvalue weighted by Gasteiger charge is 2.37. The Hall–Kier alpha value is -8.47. The number of hydrogen-bond acceptors (Lipinski definition) is 2.